The minimum atomic E-state index is -0.724. The number of aliphatic hydroxyl groups excluding tert-OH is 1. The molecule has 0 aromatic heterocycles. The predicted molar refractivity (Wildman–Crippen MR) is 135 cm³/mol. The number of carbonyl (C=O) groups is 1. The fraction of sp³-hybridized carbons (Fsp3) is 0.250. The van der Waals surface area contributed by atoms with Crippen LogP contribution in [0.5, 0.6) is 17.2 Å². The van der Waals surface area contributed by atoms with Crippen molar-refractivity contribution < 1.29 is 33.2 Å². The largest absolute Gasteiger partial charge is 0.497 e. The van der Waals surface area contributed by atoms with E-state index in [1.807, 2.05) is 18.2 Å². The summed E-state index contributed by atoms with van der Waals surface area (Å²) >= 11 is 0. The lowest BCUT2D eigenvalue weighted by Crippen LogP contribution is -2.31. The minimum Gasteiger partial charge on any atom is -0.497 e. The standard InChI is InChI=1S/C28H30FNO6/c1-33-25-13-8-21(27(15-25)34-2)16-30-17-23(31)18-36-24-11-4-19(5-12-24)14-26(28(32)35-3)20-6-9-22(29)10-7-20/h4-15,23,30-31H,16-18H2,1-3H3. The average molecular weight is 496 g/mol. The van der Waals surface area contributed by atoms with Crippen molar-refractivity contribution in [1.29, 1.82) is 0 Å². The molecule has 2 N–H and O–H groups in total. The molecule has 0 aliphatic carbocycles. The number of benzene rings is 3. The lowest BCUT2D eigenvalue weighted by atomic mass is 10.0. The van der Waals surface area contributed by atoms with E-state index >= 15 is 0 Å². The molecule has 0 aliphatic rings. The molecule has 3 aromatic rings. The number of rotatable bonds is 12. The van der Waals surface area contributed by atoms with E-state index in [1.54, 1.807) is 44.6 Å². The van der Waals surface area contributed by atoms with Gasteiger partial charge in [-0.15, -0.1) is 0 Å². The smallest absolute Gasteiger partial charge is 0.338 e. The van der Waals surface area contributed by atoms with Gasteiger partial charge in [-0.2, -0.15) is 0 Å². The Bertz CT molecular complexity index is 1160. The third-order valence-corrected chi connectivity index (χ3v) is 5.38. The van der Waals surface area contributed by atoms with Crippen molar-refractivity contribution in [3.8, 4) is 17.2 Å². The summed E-state index contributed by atoms with van der Waals surface area (Å²) in [5.41, 5.74) is 2.54. The number of hydrogen-bond acceptors (Lipinski definition) is 7. The van der Waals surface area contributed by atoms with E-state index in [-0.39, 0.29) is 12.4 Å². The molecule has 190 valence electrons. The van der Waals surface area contributed by atoms with Crippen molar-refractivity contribution in [3.63, 3.8) is 0 Å². The first kappa shape index (κ1) is 26.7. The molecule has 8 heteroatoms. The molecule has 36 heavy (non-hydrogen) atoms. The Morgan fingerprint density at radius 1 is 0.972 bits per heavy atom. The highest BCUT2D eigenvalue weighted by Gasteiger charge is 2.13. The molecule has 3 aromatic carbocycles. The lowest BCUT2D eigenvalue weighted by Gasteiger charge is -2.15. The van der Waals surface area contributed by atoms with Gasteiger partial charge in [-0.25, -0.2) is 9.18 Å². The van der Waals surface area contributed by atoms with Crippen molar-refractivity contribution in [2.24, 2.45) is 0 Å². The van der Waals surface area contributed by atoms with Gasteiger partial charge in [0.15, 0.2) is 0 Å². The van der Waals surface area contributed by atoms with Crippen molar-refractivity contribution in [2.75, 3.05) is 34.5 Å². The number of esters is 1. The molecule has 0 spiro atoms. The molecule has 0 heterocycles. The van der Waals surface area contributed by atoms with Gasteiger partial charge >= 0.3 is 5.97 Å². The zero-order chi connectivity index (χ0) is 25.9. The fourth-order valence-electron chi connectivity index (χ4n) is 3.45. The van der Waals surface area contributed by atoms with Crippen molar-refractivity contribution >= 4 is 17.6 Å². The summed E-state index contributed by atoms with van der Waals surface area (Å²) in [6.45, 7) is 0.947. The van der Waals surface area contributed by atoms with Gasteiger partial charge in [-0.3, -0.25) is 0 Å². The van der Waals surface area contributed by atoms with Gasteiger partial charge in [-0.05, 0) is 47.5 Å². The maximum Gasteiger partial charge on any atom is 0.338 e. The Morgan fingerprint density at radius 3 is 2.31 bits per heavy atom. The molecule has 3 rings (SSSR count). The van der Waals surface area contributed by atoms with Crippen molar-refractivity contribution in [1.82, 2.24) is 5.32 Å². The quantitative estimate of drug-likeness (QED) is 0.222. The molecule has 0 radical (unpaired) electrons. The second-order valence-corrected chi connectivity index (χ2v) is 7.90. The number of methoxy groups -OCH3 is 3. The van der Waals surface area contributed by atoms with Gasteiger partial charge in [0, 0.05) is 24.7 Å². The highest BCUT2D eigenvalue weighted by molar-refractivity contribution is 6.21. The van der Waals surface area contributed by atoms with Crippen LogP contribution in [-0.2, 0) is 16.1 Å². The van der Waals surface area contributed by atoms with Crippen LogP contribution in [0, 0.1) is 5.82 Å². The first-order valence-electron chi connectivity index (χ1n) is 11.3. The molecule has 1 unspecified atom stereocenters. The Morgan fingerprint density at radius 2 is 1.67 bits per heavy atom. The SMILES string of the molecule is COC(=O)C(=Cc1ccc(OCC(O)CNCc2ccc(OC)cc2OC)cc1)c1ccc(F)cc1. The molecule has 0 amide bonds. The topological polar surface area (TPSA) is 86.3 Å². The van der Waals surface area contributed by atoms with Crippen molar-refractivity contribution in [3.05, 3.63) is 89.2 Å². The van der Waals surface area contributed by atoms with Gasteiger partial charge < -0.3 is 29.4 Å². The number of aliphatic hydroxyl groups is 1. The van der Waals surface area contributed by atoms with Crippen LogP contribution >= 0.6 is 0 Å². The highest BCUT2D eigenvalue weighted by atomic mass is 19.1. The summed E-state index contributed by atoms with van der Waals surface area (Å²) in [6, 6.07) is 18.2. The first-order valence-corrected chi connectivity index (χ1v) is 11.3. The second-order valence-electron chi connectivity index (χ2n) is 7.90. The Balaban J connectivity index is 1.53. The summed E-state index contributed by atoms with van der Waals surface area (Å²) in [4.78, 5) is 12.2. The molecular formula is C28H30FNO6. The van der Waals surface area contributed by atoms with Gasteiger partial charge in [0.1, 0.15) is 35.8 Å². The summed E-state index contributed by atoms with van der Waals surface area (Å²) in [7, 11) is 4.49. The third kappa shape index (κ3) is 7.56. The van der Waals surface area contributed by atoms with Gasteiger partial charge in [0.05, 0.1) is 26.9 Å². The second kappa shape index (κ2) is 13.3. The molecule has 0 saturated carbocycles. The van der Waals surface area contributed by atoms with Crippen LogP contribution in [0.3, 0.4) is 0 Å². The Kier molecular flexibility index (Phi) is 9.85. The maximum absolute atomic E-state index is 13.3. The average Bonchev–Trinajstić information content (AvgIpc) is 2.91. The van der Waals surface area contributed by atoms with Crippen molar-refractivity contribution in [2.45, 2.75) is 12.6 Å². The van der Waals surface area contributed by atoms with Gasteiger partial charge in [0.2, 0.25) is 0 Å². The van der Waals surface area contributed by atoms with Crippen LogP contribution in [0.2, 0.25) is 0 Å². The number of hydrogen-bond donors (Lipinski definition) is 2. The molecule has 0 saturated heterocycles. The Hall–Kier alpha value is -3.88. The summed E-state index contributed by atoms with van der Waals surface area (Å²) in [5.74, 6) is 1.08. The summed E-state index contributed by atoms with van der Waals surface area (Å²) in [5, 5.41) is 13.5. The first-order chi connectivity index (χ1) is 17.4. The van der Waals surface area contributed by atoms with E-state index in [9.17, 15) is 14.3 Å². The van der Waals surface area contributed by atoms with E-state index in [2.05, 4.69) is 5.32 Å². The van der Waals surface area contributed by atoms with Gasteiger partial charge in [-0.1, -0.05) is 30.3 Å². The summed E-state index contributed by atoms with van der Waals surface area (Å²) in [6.07, 6.45) is 0.938. The van der Waals surface area contributed by atoms with Crippen LogP contribution in [0.25, 0.3) is 11.6 Å². The third-order valence-electron chi connectivity index (χ3n) is 5.38. The Labute approximate surface area is 210 Å². The molecular weight excluding hydrogens is 465 g/mol. The molecule has 0 fully saturated rings. The summed E-state index contributed by atoms with van der Waals surface area (Å²) < 4.78 is 34.4. The van der Waals surface area contributed by atoms with E-state index in [0.717, 1.165) is 11.1 Å². The molecule has 7 nitrogen and oxygen atoms in total. The van der Waals surface area contributed by atoms with E-state index in [4.69, 9.17) is 18.9 Å². The van der Waals surface area contributed by atoms with E-state index < -0.39 is 12.1 Å². The zero-order valence-corrected chi connectivity index (χ0v) is 20.5. The number of carbonyl (C=O) groups excluding carboxylic acids is 1. The van der Waals surface area contributed by atoms with Crippen LogP contribution in [0.1, 0.15) is 16.7 Å². The van der Waals surface area contributed by atoms with E-state index in [1.165, 1.54) is 31.4 Å². The van der Waals surface area contributed by atoms with Gasteiger partial charge in [0.25, 0.3) is 0 Å². The normalized spacial score (nSPS) is 12.1. The predicted octanol–water partition coefficient (Wildman–Crippen LogP) is 4.09. The lowest BCUT2D eigenvalue weighted by molar-refractivity contribution is -0.133. The molecule has 1 atom stereocenters. The van der Waals surface area contributed by atoms with E-state index in [0.29, 0.717) is 41.5 Å². The molecule has 0 bridgehead atoms. The van der Waals surface area contributed by atoms with Crippen LogP contribution in [-0.4, -0.2) is 51.7 Å². The van der Waals surface area contributed by atoms with Crippen LogP contribution in [0.4, 0.5) is 4.39 Å². The number of ether oxygens (including phenoxy) is 4. The number of nitrogens with one attached hydrogen (secondary N) is 1. The zero-order valence-electron chi connectivity index (χ0n) is 20.5. The minimum absolute atomic E-state index is 0.102. The van der Waals surface area contributed by atoms with Crippen LogP contribution in [0.15, 0.2) is 66.7 Å². The highest BCUT2D eigenvalue weighted by Crippen LogP contribution is 2.24. The number of halogens is 1. The van der Waals surface area contributed by atoms with Crippen LogP contribution < -0.4 is 19.5 Å². The molecule has 0 aliphatic heterocycles. The monoisotopic (exact) mass is 495 g/mol. The maximum atomic E-state index is 13.3. The fourth-order valence-corrected chi connectivity index (χ4v) is 3.45.